The number of rotatable bonds is 1. The molecule has 2 aromatic rings. The van der Waals surface area contributed by atoms with Crippen LogP contribution < -0.4 is 0 Å². The molecule has 4 heteroatoms. The summed E-state index contributed by atoms with van der Waals surface area (Å²) in [5.74, 6) is 0. The maximum Gasteiger partial charge on any atom is 0.132 e. The minimum Gasteiger partial charge on any atom is -0.221 e. The molecule has 0 bridgehead atoms. The van der Waals surface area contributed by atoms with Crippen LogP contribution in [0.2, 0.25) is 10.2 Å². The third-order valence-electron chi connectivity index (χ3n) is 1.68. The molecule has 0 aliphatic rings. The van der Waals surface area contributed by atoms with Crippen molar-refractivity contribution in [3.8, 4) is 5.69 Å². The molecule has 0 aliphatic heterocycles. The third-order valence-corrected chi connectivity index (χ3v) is 2.28. The monoisotopic (exact) mass is 212 g/mol. The van der Waals surface area contributed by atoms with Gasteiger partial charge in [-0.25, -0.2) is 4.68 Å². The quantitative estimate of drug-likeness (QED) is 0.711. The van der Waals surface area contributed by atoms with Crippen molar-refractivity contribution in [1.82, 2.24) is 9.78 Å². The van der Waals surface area contributed by atoms with Crippen LogP contribution in [0.15, 0.2) is 36.5 Å². The predicted molar refractivity (Wildman–Crippen MR) is 53.6 cm³/mol. The lowest BCUT2D eigenvalue weighted by molar-refractivity contribution is 0.881. The second-order valence-electron chi connectivity index (χ2n) is 2.52. The molecule has 0 fully saturated rings. The Bertz CT molecular complexity index is 423. The minimum atomic E-state index is 0.549. The van der Waals surface area contributed by atoms with Crippen molar-refractivity contribution in [3.05, 3.63) is 46.7 Å². The average Bonchev–Trinajstić information content (AvgIpc) is 2.52. The normalized spacial score (nSPS) is 10.3. The molecule has 0 amide bonds. The van der Waals surface area contributed by atoms with Crippen LogP contribution in [0.1, 0.15) is 0 Å². The molecule has 0 saturated heterocycles. The summed E-state index contributed by atoms with van der Waals surface area (Å²) in [5.41, 5.74) is 0.791. The van der Waals surface area contributed by atoms with E-state index >= 15 is 0 Å². The van der Waals surface area contributed by atoms with Gasteiger partial charge >= 0.3 is 0 Å². The summed E-state index contributed by atoms with van der Waals surface area (Å²) in [5, 5.41) is 5.23. The van der Waals surface area contributed by atoms with Crippen molar-refractivity contribution >= 4 is 23.2 Å². The first-order chi connectivity index (χ1) is 6.29. The molecule has 66 valence electrons. The molecule has 0 spiro atoms. The van der Waals surface area contributed by atoms with Crippen molar-refractivity contribution in [2.75, 3.05) is 0 Å². The lowest BCUT2D eigenvalue weighted by Gasteiger charge is -2.04. The summed E-state index contributed by atoms with van der Waals surface area (Å²) in [6.45, 7) is 0. The Morgan fingerprint density at radius 1 is 1.08 bits per heavy atom. The van der Waals surface area contributed by atoms with Crippen LogP contribution >= 0.6 is 23.2 Å². The number of nitrogens with zero attached hydrogens (tertiary/aromatic N) is 2. The molecule has 0 N–H and O–H groups in total. The first kappa shape index (κ1) is 8.60. The lowest BCUT2D eigenvalue weighted by Crippen LogP contribution is -1.96. The van der Waals surface area contributed by atoms with E-state index in [-0.39, 0.29) is 0 Å². The second kappa shape index (κ2) is 3.40. The Balaban J connectivity index is 2.59. The Morgan fingerprint density at radius 3 is 2.46 bits per heavy atom. The summed E-state index contributed by atoms with van der Waals surface area (Å²) >= 11 is 11.9. The van der Waals surface area contributed by atoms with Gasteiger partial charge in [-0.2, -0.15) is 5.10 Å². The Kier molecular flexibility index (Phi) is 2.25. The summed E-state index contributed by atoms with van der Waals surface area (Å²) in [7, 11) is 0. The smallest absolute Gasteiger partial charge is 0.132 e. The molecular formula is C9H6Cl2N2. The van der Waals surface area contributed by atoms with E-state index in [0.717, 1.165) is 5.69 Å². The van der Waals surface area contributed by atoms with Crippen molar-refractivity contribution in [2.24, 2.45) is 0 Å². The molecule has 0 unspecified atom stereocenters. The number of aromatic nitrogens is 2. The van der Waals surface area contributed by atoms with E-state index in [1.165, 1.54) is 0 Å². The number of benzene rings is 1. The van der Waals surface area contributed by atoms with Crippen LogP contribution in [0.25, 0.3) is 5.69 Å². The Hall–Kier alpha value is -0.990. The SMILES string of the molecule is Clc1ccccc1-n1nccc1Cl. The standard InChI is InChI=1S/C9H6Cl2N2/c10-7-3-1-2-4-8(7)13-9(11)5-6-12-13/h1-6H. The van der Waals surface area contributed by atoms with E-state index in [1.54, 1.807) is 23.0 Å². The molecular weight excluding hydrogens is 207 g/mol. The van der Waals surface area contributed by atoms with E-state index in [2.05, 4.69) is 5.10 Å². The molecule has 1 aromatic carbocycles. The minimum absolute atomic E-state index is 0.549. The molecule has 0 saturated carbocycles. The topological polar surface area (TPSA) is 17.8 Å². The highest BCUT2D eigenvalue weighted by Crippen LogP contribution is 2.22. The maximum atomic E-state index is 5.97. The van der Waals surface area contributed by atoms with Gasteiger partial charge in [0.05, 0.1) is 16.9 Å². The highest BCUT2D eigenvalue weighted by atomic mass is 35.5. The van der Waals surface area contributed by atoms with E-state index in [9.17, 15) is 0 Å². The number of hydrogen-bond acceptors (Lipinski definition) is 1. The first-order valence-corrected chi connectivity index (χ1v) is 4.49. The molecule has 1 aromatic heterocycles. The van der Waals surface area contributed by atoms with E-state index < -0.39 is 0 Å². The third kappa shape index (κ3) is 1.55. The Morgan fingerprint density at radius 2 is 1.85 bits per heavy atom. The highest BCUT2D eigenvalue weighted by Gasteiger charge is 2.04. The summed E-state index contributed by atoms with van der Waals surface area (Å²) in [4.78, 5) is 0. The van der Waals surface area contributed by atoms with Gasteiger partial charge in [-0.15, -0.1) is 0 Å². The molecule has 1 heterocycles. The first-order valence-electron chi connectivity index (χ1n) is 3.73. The van der Waals surface area contributed by atoms with Gasteiger partial charge in [-0.1, -0.05) is 35.3 Å². The molecule has 2 rings (SSSR count). The fraction of sp³-hybridized carbons (Fsp3) is 0. The van der Waals surface area contributed by atoms with Gasteiger partial charge in [0, 0.05) is 0 Å². The zero-order valence-electron chi connectivity index (χ0n) is 6.61. The number of para-hydroxylation sites is 1. The molecule has 0 aliphatic carbocycles. The second-order valence-corrected chi connectivity index (χ2v) is 3.31. The average molecular weight is 213 g/mol. The maximum absolute atomic E-state index is 5.97. The van der Waals surface area contributed by atoms with Crippen LogP contribution in [0.5, 0.6) is 0 Å². The fourth-order valence-electron chi connectivity index (χ4n) is 1.09. The van der Waals surface area contributed by atoms with Crippen molar-refractivity contribution in [3.63, 3.8) is 0 Å². The number of hydrogen-bond donors (Lipinski definition) is 0. The van der Waals surface area contributed by atoms with Crippen LogP contribution in [-0.4, -0.2) is 9.78 Å². The van der Waals surface area contributed by atoms with Crippen molar-refractivity contribution in [1.29, 1.82) is 0 Å². The van der Waals surface area contributed by atoms with Gasteiger partial charge in [0.1, 0.15) is 5.15 Å². The van der Waals surface area contributed by atoms with Crippen molar-refractivity contribution in [2.45, 2.75) is 0 Å². The predicted octanol–water partition coefficient (Wildman–Crippen LogP) is 3.18. The summed E-state index contributed by atoms with van der Waals surface area (Å²) < 4.78 is 1.59. The van der Waals surface area contributed by atoms with Crippen LogP contribution in [0, 0.1) is 0 Å². The number of halogens is 2. The van der Waals surface area contributed by atoms with E-state index in [0.29, 0.717) is 10.2 Å². The molecule has 13 heavy (non-hydrogen) atoms. The van der Waals surface area contributed by atoms with E-state index in [1.807, 2.05) is 18.2 Å². The van der Waals surface area contributed by atoms with Gasteiger partial charge in [-0.05, 0) is 18.2 Å². The van der Waals surface area contributed by atoms with Gasteiger partial charge < -0.3 is 0 Å². The van der Waals surface area contributed by atoms with Crippen LogP contribution in [0.4, 0.5) is 0 Å². The van der Waals surface area contributed by atoms with E-state index in [4.69, 9.17) is 23.2 Å². The van der Waals surface area contributed by atoms with Crippen LogP contribution in [-0.2, 0) is 0 Å². The van der Waals surface area contributed by atoms with Gasteiger partial charge in [0.2, 0.25) is 0 Å². The largest absolute Gasteiger partial charge is 0.221 e. The van der Waals surface area contributed by atoms with Crippen molar-refractivity contribution < 1.29 is 0 Å². The lowest BCUT2D eigenvalue weighted by atomic mass is 10.3. The zero-order valence-corrected chi connectivity index (χ0v) is 8.13. The van der Waals surface area contributed by atoms with Gasteiger partial charge in [0.25, 0.3) is 0 Å². The molecule has 0 radical (unpaired) electrons. The molecule has 0 atom stereocenters. The fourth-order valence-corrected chi connectivity index (χ4v) is 1.49. The molecule has 2 nitrogen and oxygen atoms in total. The summed E-state index contributed by atoms with van der Waals surface area (Å²) in [6, 6.07) is 9.13. The Labute approximate surface area is 85.7 Å². The van der Waals surface area contributed by atoms with Gasteiger partial charge in [0.15, 0.2) is 0 Å². The van der Waals surface area contributed by atoms with Crippen LogP contribution in [0.3, 0.4) is 0 Å². The summed E-state index contributed by atoms with van der Waals surface area (Å²) in [6.07, 6.45) is 1.63. The van der Waals surface area contributed by atoms with Gasteiger partial charge in [-0.3, -0.25) is 0 Å². The highest BCUT2D eigenvalue weighted by molar-refractivity contribution is 6.33. The zero-order chi connectivity index (χ0) is 9.26.